The van der Waals surface area contributed by atoms with E-state index in [1.807, 2.05) is 6.92 Å². The maximum atomic E-state index is 11.2. The number of rotatable bonds is 3. The topological polar surface area (TPSA) is 29.5 Å². The fraction of sp³-hybridized carbons (Fsp3) is 0.875. The molecule has 0 spiro atoms. The van der Waals surface area contributed by atoms with Gasteiger partial charge in [-0.25, -0.2) is 0 Å². The van der Waals surface area contributed by atoms with Gasteiger partial charge in [0.2, 0.25) is 5.91 Å². The summed E-state index contributed by atoms with van der Waals surface area (Å²) in [6.45, 7) is 2.66. The lowest BCUT2D eigenvalue weighted by atomic mass is 10.4. The van der Waals surface area contributed by atoms with Gasteiger partial charge in [-0.15, -0.1) is 0 Å². The van der Waals surface area contributed by atoms with E-state index in [0.29, 0.717) is 6.61 Å². The van der Waals surface area contributed by atoms with E-state index in [0.717, 1.165) is 6.42 Å². The molecular formula is C8H15NO2. The lowest BCUT2D eigenvalue weighted by Crippen LogP contribution is -2.24. The van der Waals surface area contributed by atoms with Gasteiger partial charge in [0, 0.05) is 20.7 Å². The first-order valence-electron chi connectivity index (χ1n) is 3.99. The van der Waals surface area contributed by atoms with Crippen molar-refractivity contribution in [1.82, 2.24) is 4.90 Å². The Bertz CT molecular complexity index is 156. The van der Waals surface area contributed by atoms with Crippen LogP contribution in [0.3, 0.4) is 0 Å². The zero-order chi connectivity index (χ0) is 8.43. The highest BCUT2D eigenvalue weighted by Crippen LogP contribution is 2.34. The van der Waals surface area contributed by atoms with Crippen LogP contribution in [-0.2, 0) is 9.53 Å². The van der Waals surface area contributed by atoms with E-state index in [1.54, 1.807) is 19.0 Å². The molecule has 1 rings (SSSR count). The average molecular weight is 157 g/mol. The third kappa shape index (κ3) is 1.93. The standard InChI is InChI=1S/C8H15NO2/c1-4-11-7-5-6(7)8(10)9(2)3/h6-7H,4-5H2,1-3H3/t6-,7-/m0/s1. The molecule has 0 aromatic rings. The number of hydrogen-bond acceptors (Lipinski definition) is 2. The van der Waals surface area contributed by atoms with E-state index in [4.69, 9.17) is 4.74 Å². The van der Waals surface area contributed by atoms with Crippen molar-refractivity contribution in [2.45, 2.75) is 19.4 Å². The summed E-state index contributed by atoms with van der Waals surface area (Å²) in [5, 5.41) is 0. The molecule has 0 aromatic heterocycles. The van der Waals surface area contributed by atoms with Crippen LogP contribution < -0.4 is 0 Å². The van der Waals surface area contributed by atoms with Gasteiger partial charge >= 0.3 is 0 Å². The fourth-order valence-corrected chi connectivity index (χ4v) is 1.16. The third-order valence-corrected chi connectivity index (χ3v) is 1.87. The van der Waals surface area contributed by atoms with E-state index in [9.17, 15) is 4.79 Å². The molecule has 0 heterocycles. The number of carbonyl (C=O) groups is 1. The number of ether oxygens (including phenoxy) is 1. The third-order valence-electron chi connectivity index (χ3n) is 1.87. The lowest BCUT2D eigenvalue weighted by molar-refractivity contribution is -0.131. The Morgan fingerprint density at radius 1 is 1.64 bits per heavy atom. The minimum Gasteiger partial charge on any atom is -0.378 e. The van der Waals surface area contributed by atoms with Gasteiger partial charge in [-0.1, -0.05) is 0 Å². The highest BCUT2D eigenvalue weighted by molar-refractivity contribution is 5.81. The number of hydrogen-bond donors (Lipinski definition) is 0. The molecule has 1 aliphatic rings. The second-order valence-electron chi connectivity index (χ2n) is 3.07. The quantitative estimate of drug-likeness (QED) is 0.597. The van der Waals surface area contributed by atoms with Crippen LogP contribution in [0.2, 0.25) is 0 Å². The fourth-order valence-electron chi connectivity index (χ4n) is 1.16. The Morgan fingerprint density at radius 2 is 2.27 bits per heavy atom. The molecule has 3 heteroatoms. The van der Waals surface area contributed by atoms with E-state index in [-0.39, 0.29) is 17.9 Å². The van der Waals surface area contributed by atoms with E-state index in [1.165, 1.54) is 0 Å². The van der Waals surface area contributed by atoms with Gasteiger partial charge in [-0.05, 0) is 13.3 Å². The molecule has 0 bridgehead atoms. The Morgan fingerprint density at radius 3 is 2.73 bits per heavy atom. The largest absolute Gasteiger partial charge is 0.378 e. The van der Waals surface area contributed by atoms with Gasteiger partial charge in [-0.2, -0.15) is 0 Å². The molecule has 0 unspecified atom stereocenters. The molecule has 0 aliphatic heterocycles. The molecule has 11 heavy (non-hydrogen) atoms. The number of nitrogens with zero attached hydrogens (tertiary/aromatic N) is 1. The maximum absolute atomic E-state index is 11.2. The van der Waals surface area contributed by atoms with Gasteiger partial charge in [0.15, 0.2) is 0 Å². The molecule has 64 valence electrons. The monoisotopic (exact) mass is 157 g/mol. The van der Waals surface area contributed by atoms with Crippen molar-refractivity contribution in [3.63, 3.8) is 0 Å². The summed E-state index contributed by atoms with van der Waals surface area (Å²) >= 11 is 0. The molecule has 3 nitrogen and oxygen atoms in total. The maximum Gasteiger partial charge on any atom is 0.227 e. The van der Waals surface area contributed by atoms with Gasteiger partial charge in [-0.3, -0.25) is 4.79 Å². The second-order valence-corrected chi connectivity index (χ2v) is 3.07. The van der Waals surface area contributed by atoms with Gasteiger partial charge < -0.3 is 9.64 Å². The van der Waals surface area contributed by atoms with E-state index in [2.05, 4.69) is 0 Å². The van der Waals surface area contributed by atoms with Crippen molar-refractivity contribution in [3.8, 4) is 0 Å². The molecule has 1 amide bonds. The van der Waals surface area contributed by atoms with Crippen molar-refractivity contribution in [3.05, 3.63) is 0 Å². The molecular weight excluding hydrogens is 142 g/mol. The molecule has 1 aliphatic carbocycles. The SMILES string of the molecule is CCO[C@H]1C[C@@H]1C(=O)N(C)C. The van der Waals surface area contributed by atoms with Crippen molar-refractivity contribution in [2.75, 3.05) is 20.7 Å². The minimum atomic E-state index is 0.143. The summed E-state index contributed by atoms with van der Waals surface area (Å²) < 4.78 is 5.29. The second kappa shape index (κ2) is 3.22. The average Bonchev–Trinajstić information content (AvgIpc) is 2.67. The summed E-state index contributed by atoms with van der Waals surface area (Å²) in [6, 6.07) is 0. The molecule has 0 radical (unpaired) electrons. The summed E-state index contributed by atoms with van der Waals surface area (Å²) in [4.78, 5) is 12.9. The van der Waals surface area contributed by atoms with Crippen LogP contribution >= 0.6 is 0 Å². The van der Waals surface area contributed by atoms with Crippen molar-refractivity contribution >= 4 is 5.91 Å². The highest BCUT2D eigenvalue weighted by atomic mass is 16.5. The van der Waals surface area contributed by atoms with Crippen LogP contribution in [0.5, 0.6) is 0 Å². The Hall–Kier alpha value is -0.570. The molecule has 1 fully saturated rings. The van der Waals surface area contributed by atoms with Crippen LogP contribution in [0.1, 0.15) is 13.3 Å². The van der Waals surface area contributed by atoms with Gasteiger partial charge in [0.25, 0.3) is 0 Å². The first-order valence-corrected chi connectivity index (χ1v) is 3.99. The molecule has 1 saturated carbocycles. The Balaban J connectivity index is 2.26. The molecule has 2 atom stereocenters. The van der Waals surface area contributed by atoms with E-state index >= 15 is 0 Å². The predicted octanol–water partition coefficient (Wildman–Crippen LogP) is 0.500. The van der Waals surface area contributed by atoms with E-state index < -0.39 is 0 Å². The molecule has 0 aromatic carbocycles. The van der Waals surface area contributed by atoms with Crippen LogP contribution in [0.15, 0.2) is 0 Å². The van der Waals surface area contributed by atoms with Crippen molar-refractivity contribution in [1.29, 1.82) is 0 Å². The smallest absolute Gasteiger partial charge is 0.227 e. The highest BCUT2D eigenvalue weighted by Gasteiger charge is 2.44. The number of carbonyl (C=O) groups excluding carboxylic acids is 1. The van der Waals surface area contributed by atoms with Crippen LogP contribution in [-0.4, -0.2) is 37.6 Å². The minimum absolute atomic E-state index is 0.143. The Labute approximate surface area is 67.3 Å². The Kier molecular flexibility index (Phi) is 2.49. The van der Waals surface area contributed by atoms with Crippen LogP contribution in [0.25, 0.3) is 0 Å². The summed E-state index contributed by atoms with van der Waals surface area (Å²) in [5.41, 5.74) is 0. The summed E-state index contributed by atoms with van der Waals surface area (Å²) in [5.74, 6) is 0.341. The first-order chi connectivity index (χ1) is 5.16. The zero-order valence-corrected chi connectivity index (χ0v) is 7.33. The molecule has 0 N–H and O–H groups in total. The lowest BCUT2D eigenvalue weighted by Gasteiger charge is -2.08. The van der Waals surface area contributed by atoms with Gasteiger partial charge in [0.05, 0.1) is 12.0 Å². The normalized spacial score (nSPS) is 28.3. The van der Waals surface area contributed by atoms with Crippen molar-refractivity contribution < 1.29 is 9.53 Å². The predicted molar refractivity (Wildman–Crippen MR) is 42.2 cm³/mol. The zero-order valence-electron chi connectivity index (χ0n) is 7.33. The van der Waals surface area contributed by atoms with Crippen LogP contribution in [0.4, 0.5) is 0 Å². The first kappa shape index (κ1) is 8.53. The summed E-state index contributed by atoms with van der Waals surface area (Å²) in [7, 11) is 3.56. The summed E-state index contributed by atoms with van der Waals surface area (Å²) in [6.07, 6.45) is 1.11. The van der Waals surface area contributed by atoms with Crippen LogP contribution in [0, 0.1) is 5.92 Å². The van der Waals surface area contributed by atoms with Crippen molar-refractivity contribution in [2.24, 2.45) is 5.92 Å². The molecule has 0 saturated heterocycles. The van der Waals surface area contributed by atoms with Gasteiger partial charge in [0.1, 0.15) is 0 Å². The number of amides is 1.